The number of hydrogen-bond acceptors (Lipinski definition) is 5. The largest absolute Gasteiger partial charge is 0.299 e. The Hall–Kier alpha value is -1.27. The molecular formula is C9H13N5S. The average Bonchev–Trinajstić information content (AvgIpc) is 2.91. The van der Waals surface area contributed by atoms with Gasteiger partial charge in [0.2, 0.25) is 0 Å². The van der Waals surface area contributed by atoms with Gasteiger partial charge in [0.25, 0.3) is 0 Å². The highest BCUT2D eigenvalue weighted by molar-refractivity contribution is 7.07. The second kappa shape index (κ2) is 4.50. The highest BCUT2D eigenvalue weighted by Crippen LogP contribution is 2.16. The Morgan fingerprint density at radius 3 is 2.80 bits per heavy atom. The third-order valence-corrected chi connectivity index (χ3v) is 2.84. The third-order valence-electron chi connectivity index (χ3n) is 2.24. The first-order valence-corrected chi connectivity index (χ1v) is 5.71. The van der Waals surface area contributed by atoms with Gasteiger partial charge in [-0.1, -0.05) is 0 Å². The van der Waals surface area contributed by atoms with E-state index in [-0.39, 0.29) is 12.1 Å². The predicted molar refractivity (Wildman–Crippen MR) is 58.5 cm³/mol. The molecule has 2 heterocycles. The first kappa shape index (κ1) is 10.3. The van der Waals surface area contributed by atoms with Crippen LogP contribution in [-0.2, 0) is 0 Å². The molecule has 2 aromatic rings. The third kappa shape index (κ3) is 2.40. The molecule has 2 rings (SSSR count). The summed E-state index contributed by atoms with van der Waals surface area (Å²) in [5.41, 5.74) is 2.90. The minimum atomic E-state index is 0.143. The van der Waals surface area contributed by atoms with Gasteiger partial charge in [-0.2, -0.15) is 5.10 Å². The SMILES string of the molecule is CC(NC(C)c1ncn[nH]1)c1cscn1. The highest BCUT2D eigenvalue weighted by Gasteiger charge is 2.13. The van der Waals surface area contributed by atoms with Crippen molar-refractivity contribution in [3.8, 4) is 0 Å². The molecule has 0 bridgehead atoms. The van der Waals surface area contributed by atoms with Crippen LogP contribution in [0.5, 0.6) is 0 Å². The number of thiazole rings is 1. The van der Waals surface area contributed by atoms with E-state index in [9.17, 15) is 0 Å². The number of nitrogens with zero attached hydrogens (tertiary/aromatic N) is 3. The molecule has 5 nitrogen and oxygen atoms in total. The van der Waals surface area contributed by atoms with Crippen LogP contribution in [0.4, 0.5) is 0 Å². The molecule has 15 heavy (non-hydrogen) atoms. The summed E-state index contributed by atoms with van der Waals surface area (Å²) in [7, 11) is 0. The lowest BCUT2D eigenvalue weighted by molar-refractivity contribution is 0.471. The Labute approximate surface area is 92.0 Å². The zero-order valence-electron chi connectivity index (χ0n) is 8.64. The van der Waals surface area contributed by atoms with Crippen molar-refractivity contribution >= 4 is 11.3 Å². The van der Waals surface area contributed by atoms with Gasteiger partial charge < -0.3 is 0 Å². The summed E-state index contributed by atoms with van der Waals surface area (Å²) >= 11 is 1.61. The van der Waals surface area contributed by atoms with Crippen LogP contribution in [0.2, 0.25) is 0 Å². The number of aromatic amines is 1. The molecule has 6 heteroatoms. The Bertz CT molecular complexity index is 344. The molecule has 0 radical (unpaired) electrons. The molecule has 2 atom stereocenters. The molecule has 0 fully saturated rings. The van der Waals surface area contributed by atoms with E-state index < -0.39 is 0 Å². The lowest BCUT2D eigenvalue weighted by atomic mass is 10.2. The van der Waals surface area contributed by atoms with Crippen molar-refractivity contribution in [3.63, 3.8) is 0 Å². The monoisotopic (exact) mass is 223 g/mol. The zero-order valence-corrected chi connectivity index (χ0v) is 9.45. The Kier molecular flexibility index (Phi) is 3.08. The van der Waals surface area contributed by atoms with E-state index in [0.29, 0.717) is 0 Å². The fourth-order valence-corrected chi connectivity index (χ4v) is 2.05. The van der Waals surface area contributed by atoms with E-state index in [1.54, 1.807) is 11.3 Å². The number of H-pyrrole nitrogens is 1. The van der Waals surface area contributed by atoms with Crippen molar-refractivity contribution in [2.24, 2.45) is 0 Å². The van der Waals surface area contributed by atoms with Crippen molar-refractivity contribution in [1.29, 1.82) is 0 Å². The van der Waals surface area contributed by atoms with Crippen LogP contribution in [0.15, 0.2) is 17.2 Å². The molecule has 2 N–H and O–H groups in total. The average molecular weight is 223 g/mol. The molecule has 80 valence electrons. The zero-order chi connectivity index (χ0) is 10.7. The molecule has 0 amide bonds. The fraction of sp³-hybridized carbons (Fsp3) is 0.444. The van der Waals surface area contributed by atoms with Crippen LogP contribution in [0, 0.1) is 0 Å². The maximum atomic E-state index is 4.26. The van der Waals surface area contributed by atoms with Gasteiger partial charge in [-0.05, 0) is 13.8 Å². The lowest BCUT2D eigenvalue weighted by Gasteiger charge is -2.16. The van der Waals surface area contributed by atoms with E-state index in [2.05, 4.69) is 32.4 Å². The maximum Gasteiger partial charge on any atom is 0.141 e. The summed E-state index contributed by atoms with van der Waals surface area (Å²) in [6, 6.07) is 0.362. The van der Waals surface area contributed by atoms with Gasteiger partial charge in [0.05, 0.1) is 17.2 Å². The van der Waals surface area contributed by atoms with Crippen LogP contribution < -0.4 is 5.32 Å². The summed E-state index contributed by atoms with van der Waals surface area (Å²) in [5.74, 6) is 0.845. The molecule has 0 spiro atoms. The Balaban J connectivity index is 1.98. The molecule has 0 aliphatic rings. The van der Waals surface area contributed by atoms with Crippen molar-refractivity contribution in [2.75, 3.05) is 0 Å². The van der Waals surface area contributed by atoms with Gasteiger partial charge in [0.15, 0.2) is 0 Å². The van der Waals surface area contributed by atoms with Gasteiger partial charge in [0.1, 0.15) is 12.2 Å². The molecule has 0 saturated heterocycles. The predicted octanol–water partition coefficient (Wildman–Crippen LogP) is 1.67. The minimum Gasteiger partial charge on any atom is -0.299 e. The van der Waals surface area contributed by atoms with Crippen molar-refractivity contribution < 1.29 is 0 Å². The van der Waals surface area contributed by atoms with Crippen LogP contribution >= 0.6 is 11.3 Å². The van der Waals surface area contributed by atoms with E-state index >= 15 is 0 Å². The summed E-state index contributed by atoms with van der Waals surface area (Å²) in [6.07, 6.45) is 1.51. The summed E-state index contributed by atoms with van der Waals surface area (Å²) in [5, 5.41) is 12.1. The molecule has 0 aliphatic carbocycles. The van der Waals surface area contributed by atoms with Crippen LogP contribution in [0.1, 0.15) is 37.4 Å². The Morgan fingerprint density at radius 2 is 2.20 bits per heavy atom. The first-order chi connectivity index (χ1) is 7.27. The topological polar surface area (TPSA) is 66.5 Å². The Morgan fingerprint density at radius 1 is 1.33 bits per heavy atom. The van der Waals surface area contributed by atoms with Gasteiger partial charge >= 0.3 is 0 Å². The van der Waals surface area contributed by atoms with Crippen LogP contribution in [-0.4, -0.2) is 20.2 Å². The second-order valence-corrected chi connectivity index (χ2v) is 4.11. The van der Waals surface area contributed by atoms with Gasteiger partial charge in [-0.25, -0.2) is 9.97 Å². The van der Waals surface area contributed by atoms with Gasteiger partial charge in [-0.3, -0.25) is 10.4 Å². The van der Waals surface area contributed by atoms with Crippen LogP contribution in [0.25, 0.3) is 0 Å². The number of aromatic nitrogens is 4. The molecule has 2 aromatic heterocycles. The fourth-order valence-electron chi connectivity index (χ4n) is 1.40. The number of nitrogens with one attached hydrogen (secondary N) is 2. The quantitative estimate of drug-likeness (QED) is 0.827. The summed E-state index contributed by atoms with van der Waals surface area (Å²) in [4.78, 5) is 8.36. The van der Waals surface area contributed by atoms with Crippen molar-refractivity contribution in [1.82, 2.24) is 25.5 Å². The molecule has 2 unspecified atom stereocenters. The van der Waals surface area contributed by atoms with Crippen molar-refractivity contribution in [2.45, 2.75) is 25.9 Å². The van der Waals surface area contributed by atoms with Gasteiger partial charge in [0, 0.05) is 11.4 Å². The lowest BCUT2D eigenvalue weighted by Crippen LogP contribution is -2.23. The minimum absolute atomic E-state index is 0.143. The molecule has 0 aliphatic heterocycles. The van der Waals surface area contributed by atoms with E-state index in [4.69, 9.17) is 0 Å². The maximum absolute atomic E-state index is 4.26. The van der Waals surface area contributed by atoms with E-state index in [0.717, 1.165) is 11.5 Å². The molecule has 0 aromatic carbocycles. The first-order valence-electron chi connectivity index (χ1n) is 4.76. The molecular weight excluding hydrogens is 210 g/mol. The standard InChI is InChI=1S/C9H13N5S/c1-6(8-3-15-5-11-8)13-7(2)9-10-4-12-14-9/h3-7,13H,1-2H3,(H,10,12,14). The number of rotatable bonds is 4. The molecule has 0 saturated carbocycles. The van der Waals surface area contributed by atoms with Crippen molar-refractivity contribution in [3.05, 3.63) is 28.7 Å². The van der Waals surface area contributed by atoms with E-state index in [1.807, 2.05) is 17.8 Å². The highest BCUT2D eigenvalue weighted by atomic mass is 32.1. The normalized spacial score (nSPS) is 15.1. The van der Waals surface area contributed by atoms with Gasteiger partial charge in [-0.15, -0.1) is 11.3 Å². The smallest absolute Gasteiger partial charge is 0.141 e. The summed E-state index contributed by atoms with van der Waals surface area (Å²) < 4.78 is 0. The summed E-state index contributed by atoms with van der Waals surface area (Å²) in [6.45, 7) is 4.13. The number of hydrogen-bond donors (Lipinski definition) is 2. The van der Waals surface area contributed by atoms with E-state index in [1.165, 1.54) is 6.33 Å². The second-order valence-electron chi connectivity index (χ2n) is 3.39. The van der Waals surface area contributed by atoms with Crippen LogP contribution in [0.3, 0.4) is 0 Å².